The Labute approximate surface area is 157 Å². The number of nitrogens with zero attached hydrogens (tertiary/aromatic N) is 2. The molecule has 5 nitrogen and oxygen atoms in total. The Bertz CT molecular complexity index is 1300. The normalized spacial score (nSPS) is 12.1. The van der Waals surface area contributed by atoms with Gasteiger partial charge in [0.15, 0.2) is 4.80 Å². The number of aryl methyl sites for hydroxylation is 1. The van der Waals surface area contributed by atoms with Crippen molar-refractivity contribution in [3.63, 3.8) is 0 Å². The van der Waals surface area contributed by atoms with Crippen molar-refractivity contribution in [2.45, 2.75) is 19.9 Å². The van der Waals surface area contributed by atoms with Crippen LogP contribution >= 0.6 is 11.3 Å². The van der Waals surface area contributed by atoms with E-state index in [0.29, 0.717) is 27.0 Å². The van der Waals surface area contributed by atoms with E-state index >= 15 is 0 Å². The minimum absolute atomic E-state index is 0.125. The van der Waals surface area contributed by atoms with E-state index < -0.39 is 11.3 Å². The molecule has 0 unspecified atom stereocenters. The maximum absolute atomic E-state index is 13.5. The highest BCUT2D eigenvalue weighted by Crippen LogP contribution is 2.19. The van der Waals surface area contributed by atoms with Gasteiger partial charge >= 0.3 is 0 Å². The molecule has 2 aromatic heterocycles. The van der Waals surface area contributed by atoms with Gasteiger partial charge in [-0.1, -0.05) is 30.4 Å². The summed E-state index contributed by atoms with van der Waals surface area (Å²) in [6.07, 6.45) is 1.97. The van der Waals surface area contributed by atoms with Crippen LogP contribution in [-0.2, 0) is 6.54 Å². The number of thiazole rings is 1. The number of carbonyl (C=O) groups is 1. The van der Waals surface area contributed by atoms with E-state index in [0.717, 1.165) is 18.2 Å². The van der Waals surface area contributed by atoms with E-state index in [4.69, 9.17) is 4.42 Å². The molecule has 0 radical (unpaired) electrons. The summed E-state index contributed by atoms with van der Waals surface area (Å²) in [5, 5.41) is 0.332. The number of amides is 1. The zero-order valence-electron chi connectivity index (χ0n) is 14.4. The number of aromatic nitrogens is 1. The molecule has 0 N–H and O–H groups in total. The smallest absolute Gasteiger partial charge is 0.286 e. The first-order valence-electron chi connectivity index (χ1n) is 8.47. The SMILES string of the molecule is CCCn1c(=NC(=O)c2coc3ccccc3c2=O)sc2cc(F)ccc21. The summed E-state index contributed by atoms with van der Waals surface area (Å²) in [5.74, 6) is -1.02. The second kappa shape index (κ2) is 6.92. The van der Waals surface area contributed by atoms with Gasteiger partial charge in [-0.3, -0.25) is 9.59 Å². The number of hydrogen-bond acceptors (Lipinski definition) is 4. The third-order valence-electron chi connectivity index (χ3n) is 4.20. The molecule has 4 aromatic rings. The first-order valence-corrected chi connectivity index (χ1v) is 9.28. The van der Waals surface area contributed by atoms with E-state index in [-0.39, 0.29) is 11.4 Å². The standard InChI is InChI=1S/C20H15FN2O3S/c1-2-9-23-15-8-7-12(21)10-17(15)27-20(23)22-19(25)14-11-26-16-6-4-3-5-13(16)18(14)24/h3-8,10-11H,2,9H2,1H3. The molecular weight excluding hydrogens is 367 g/mol. The lowest BCUT2D eigenvalue weighted by Gasteiger charge is -2.02. The molecule has 2 aromatic carbocycles. The Kier molecular flexibility index (Phi) is 4.45. The van der Waals surface area contributed by atoms with E-state index in [1.165, 1.54) is 23.5 Å². The molecule has 0 aliphatic rings. The van der Waals surface area contributed by atoms with Crippen LogP contribution in [0.15, 0.2) is 62.9 Å². The zero-order valence-corrected chi connectivity index (χ0v) is 15.3. The molecule has 7 heteroatoms. The second-order valence-electron chi connectivity index (χ2n) is 6.04. The van der Waals surface area contributed by atoms with Crippen LogP contribution in [-0.4, -0.2) is 10.5 Å². The summed E-state index contributed by atoms with van der Waals surface area (Å²) in [6.45, 7) is 2.63. The first-order chi connectivity index (χ1) is 13.1. The fourth-order valence-corrected chi connectivity index (χ4v) is 4.02. The summed E-state index contributed by atoms with van der Waals surface area (Å²) < 4.78 is 21.5. The summed E-state index contributed by atoms with van der Waals surface area (Å²) in [5.41, 5.74) is 0.679. The van der Waals surface area contributed by atoms with Gasteiger partial charge in [-0.2, -0.15) is 4.99 Å². The van der Waals surface area contributed by atoms with Crippen LogP contribution in [0, 0.1) is 5.82 Å². The molecule has 4 rings (SSSR count). The van der Waals surface area contributed by atoms with E-state index in [9.17, 15) is 14.0 Å². The van der Waals surface area contributed by atoms with Crippen LogP contribution in [0.2, 0.25) is 0 Å². The molecule has 0 saturated carbocycles. The molecule has 0 spiro atoms. The molecular formula is C20H15FN2O3S. The maximum atomic E-state index is 13.5. The molecule has 0 aliphatic heterocycles. The Hall–Kier alpha value is -3.06. The van der Waals surface area contributed by atoms with E-state index in [1.54, 1.807) is 30.3 Å². The Morgan fingerprint density at radius 1 is 1.26 bits per heavy atom. The lowest BCUT2D eigenvalue weighted by Crippen LogP contribution is -2.20. The summed E-state index contributed by atoms with van der Waals surface area (Å²) in [6, 6.07) is 11.2. The topological polar surface area (TPSA) is 64.6 Å². The van der Waals surface area contributed by atoms with Crippen molar-refractivity contribution in [1.29, 1.82) is 0 Å². The van der Waals surface area contributed by atoms with Gasteiger partial charge in [0, 0.05) is 6.54 Å². The molecule has 2 heterocycles. The van der Waals surface area contributed by atoms with Crippen LogP contribution in [0.5, 0.6) is 0 Å². The van der Waals surface area contributed by atoms with Crippen LogP contribution in [0.4, 0.5) is 4.39 Å². The minimum Gasteiger partial charge on any atom is -0.463 e. The van der Waals surface area contributed by atoms with Crippen molar-refractivity contribution < 1.29 is 13.6 Å². The third-order valence-corrected chi connectivity index (χ3v) is 5.24. The van der Waals surface area contributed by atoms with E-state index in [1.807, 2.05) is 11.5 Å². The number of para-hydroxylation sites is 1. The van der Waals surface area contributed by atoms with Gasteiger partial charge < -0.3 is 8.98 Å². The van der Waals surface area contributed by atoms with Crippen LogP contribution in [0.25, 0.3) is 21.2 Å². The van der Waals surface area contributed by atoms with Crippen LogP contribution < -0.4 is 10.2 Å². The van der Waals surface area contributed by atoms with Gasteiger partial charge in [0.2, 0.25) is 5.43 Å². The molecule has 0 atom stereocenters. The molecule has 27 heavy (non-hydrogen) atoms. The number of halogens is 1. The van der Waals surface area contributed by atoms with Crippen LogP contribution in [0.3, 0.4) is 0 Å². The van der Waals surface area contributed by atoms with Gasteiger partial charge in [0.05, 0.1) is 15.6 Å². The van der Waals surface area contributed by atoms with Crippen molar-refractivity contribution in [1.82, 2.24) is 4.57 Å². The summed E-state index contributed by atoms with van der Waals surface area (Å²) in [7, 11) is 0. The Morgan fingerprint density at radius 2 is 2.07 bits per heavy atom. The Morgan fingerprint density at radius 3 is 2.89 bits per heavy atom. The van der Waals surface area contributed by atoms with Crippen LogP contribution in [0.1, 0.15) is 23.7 Å². The summed E-state index contributed by atoms with van der Waals surface area (Å²) in [4.78, 5) is 29.8. The highest BCUT2D eigenvalue weighted by atomic mass is 32.1. The fourth-order valence-electron chi connectivity index (χ4n) is 2.94. The van der Waals surface area contributed by atoms with Crippen molar-refractivity contribution in [3.8, 4) is 0 Å². The average molecular weight is 382 g/mol. The third kappa shape index (κ3) is 3.10. The average Bonchev–Trinajstić information content (AvgIpc) is 2.98. The van der Waals surface area contributed by atoms with Gasteiger partial charge in [0.25, 0.3) is 5.91 Å². The largest absolute Gasteiger partial charge is 0.463 e. The zero-order chi connectivity index (χ0) is 19.0. The number of carbonyl (C=O) groups excluding carboxylic acids is 1. The molecule has 0 fully saturated rings. The predicted octanol–water partition coefficient (Wildman–Crippen LogP) is 4.10. The predicted molar refractivity (Wildman–Crippen MR) is 102 cm³/mol. The number of benzene rings is 2. The summed E-state index contributed by atoms with van der Waals surface area (Å²) >= 11 is 1.21. The number of fused-ring (bicyclic) bond motifs is 2. The van der Waals surface area contributed by atoms with Gasteiger partial charge in [-0.25, -0.2) is 4.39 Å². The monoisotopic (exact) mass is 382 g/mol. The number of rotatable bonds is 3. The van der Waals surface area contributed by atoms with Crippen molar-refractivity contribution >= 4 is 38.4 Å². The Balaban J connectivity index is 1.88. The van der Waals surface area contributed by atoms with Crippen molar-refractivity contribution in [2.75, 3.05) is 0 Å². The van der Waals surface area contributed by atoms with Crippen molar-refractivity contribution in [2.24, 2.45) is 4.99 Å². The maximum Gasteiger partial charge on any atom is 0.286 e. The highest BCUT2D eigenvalue weighted by molar-refractivity contribution is 7.16. The fraction of sp³-hybridized carbons (Fsp3) is 0.150. The van der Waals surface area contributed by atoms with Gasteiger partial charge in [-0.15, -0.1) is 0 Å². The van der Waals surface area contributed by atoms with Gasteiger partial charge in [-0.05, 0) is 36.8 Å². The minimum atomic E-state index is -0.675. The van der Waals surface area contributed by atoms with E-state index in [2.05, 4.69) is 4.99 Å². The molecule has 0 aliphatic carbocycles. The molecule has 0 bridgehead atoms. The number of hydrogen-bond donors (Lipinski definition) is 0. The molecule has 0 saturated heterocycles. The first kappa shape index (κ1) is 17.4. The molecule has 1 amide bonds. The lowest BCUT2D eigenvalue weighted by atomic mass is 10.2. The second-order valence-corrected chi connectivity index (χ2v) is 7.05. The van der Waals surface area contributed by atoms with Gasteiger partial charge in [0.1, 0.15) is 23.2 Å². The lowest BCUT2D eigenvalue weighted by molar-refractivity contribution is 0.0995. The molecule has 136 valence electrons. The quantitative estimate of drug-likeness (QED) is 0.536. The van der Waals surface area contributed by atoms with Crippen molar-refractivity contribution in [3.05, 3.63) is 75.1 Å². The highest BCUT2D eigenvalue weighted by Gasteiger charge is 2.15.